The molecule has 0 amide bonds. The number of aliphatic hydroxyl groups excluding tert-OH is 1. The summed E-state index contributed by atoms with van der Waals surface area (Å²) in [5.41, 5.74) is 4.71. The predicted molar refractivity (Wildman–Crippen MR) is 176 cm³/mol. The van der Waals surface area contributed by atoms with Gasteiger partial charge in [0, 0.05) is 36.1 Å². The molecule has 2 aromatic rings. The summed E-state index contributed by atoms with van der Waals surface area (Å²) in [5.74, 6) is 0.195. The number of ether oxygens (including phenoxy) is 2. The van der Waals surface area contributed by atoms with Crippen molar-refractivity contribution < 1.29 is 32.2 Å². The maximum atomic E-state index is 13.4. The maximum Gasteiger partial charge on any atom is 0.417 e. The number of hydrogen-bond donors (Lipinski definition) is 1. The molecule has 10 heteroatoms. The van der Waals surface area contributed by atoms with Crippen molar-refractivity contribution in [1.29, 1.82) is 5.26 Å². The number of hydrogen-bond acceptors (Lipinski definition) is 6. The average molecular weight is 669 g/mol. The highest BCUT2D eigenvalue weighted by Crippen LogP contribution is 2.61. The van der Waals surface area contributed by atoms with E-state index in [1.54, 1.807) is 6.07 Å². The fourth-order valence-corrected chi connectivity index (χ4v) is 9.13. The van der Waals surface area contributed by atoms with Crippen molar-refractivity contribution in [2.45, 2.75) is 108 Å². The number of rotatable bonds is 6. The zero-order valence-electron chi connectivity index (χ0n) is 28.2. The second-order valence-electron chi connectivity index (χ2n) is 15.7. The monoisotopic (exact) mass is 668 g/mol. The minimum absolute atomic E-state index is 0.00468. The van der Waals surface area contributed by atoms with Crippen LogP contribution < -0.4 is 0 Å². The first-order valence-corrected chi connectivity index (χ1v) is 19.9. The molecule has 1 spiro atoms. The first-order valence-electron chi connectivity index (χ1n) is 17.0. The third-order valence-corrected chi connectivity index (χ3v) is 16.0. The number of alkyl halides is 3. The summed E-state index contributed by atoms with van der Waals surface area (Å²) in [4.78, 5) is 5.41. The molecule has 1 aromatic carbocycles. The van der Waals surface area contributed by atoms with Crippen LogP contribution in [0.1, 0.15) is 117 Å². The molecule has 0 radical (unpaired) electrons. The molecule has 6 nitrogen and oxygen atoms in total. The van der Waals surface area contributed by atoms with E-state index in [1.165, 1.54) is 28.8 Å². The van der Waals surface area contributed by atoms with Crippen molar-refractivity contribution in [3.8, 4) is 6.07 Å². The Morgan fingerprint density at radius 3 is 2.40 bits per heavy atom. The number of nitrogens with zero attached hydrogens (tertiary/aromatic N) is 2. The summed E-state index contributed by atoms with van der Waals surface area (Å²) in [6.45, 7) is 14.1. The van der Waals surface area contributed by atoms with Gasteiger partial charge in [-0.25, -0.2) is 0 Å². The predicted octanol–water partition coefficient (Wildman–Crippen LogP) is 8.81. The molecule has 1 saturated carbocycles. The molecule has 1 aromatic heterocycles. The molecule has 1 unspecified atom stereocenters. The first-order chi connectivity index (χ1) is 22.1. The second-order valence-corrected chi connectivity index (χ2v) is 20.4. The van der Waals surface area contributed by atoms with Gasteiger partial charge in [0.2, 0.25) is 0 Å². The van der Waals surface area contributed by atoms with Gasteiger partial charge in [-0.05, 0) is 109 Å². The number of nitriles is 1. The molecule has 1 saturated heterocycles. The lowest BCUT2D eigenvalue weighted by atomic mass is 9.53. The number of pyridine rings is 1. The normalized spacial score (nSPS) is 26.3. The molecule has 254 valence electrons. The number of halogens is 3. The lowest BCUT2D eigenvalue weighted by molar-refractivity contribution is -0.137. The van der Waals surface area contributed by atoms with E-state index < -0.39 is 31.7 Å². The highest BCUT2D eigenvalue weighted by Gasteiger charge is 2.53. The largest absolute Gasteiger partial charge is 0.417 e. The Hall–Kier alpha value is -2.55. The number of aromatic nitrogens is 1. The summed E-state index contributed by atoms with van der Waals surface area (Å²) in [6.07, 6.45) is 2.19. The van der Waals surface area contributed by atoms with Crippen molar-refractivity contribution in [2.75, 3.05) is 26.4 Å². The molecule has 1 N–H and O–H groups in total. The van der Waals surface area contributed by atoms with Crippen LogP contribution in [0.5, 0.6) is 0 Å². The van der Waals surface area contributed by atoms with Crippen molar-refractivity contribution in [2.24, 2.45) is 11.3 Å². The second kappa shape index (κ2) is 12.7. The van der Waals surface area contributed by atoms with Gasteiger partial charge in [0.1, 0.15) is 0 Å². The summed E-state index contributed by atoms with van der Waals surface area (Å²) < 4.78 is 59.0. The van der Waals surface area contributed by atoms with Gasteiger partial charge in [-0.3, -0.25) is 4.98 Å². The van der Waals surface area contributed by atoms with Crippen LogP contribution in [0.3, 0.4) is 0 Å². The fourth-order valence-electron chi connectivity index (χ4n) is 7.86. The van der Waals surface area contributed by atoms with E-state index in [1.807, 2.05) is 0 Å². The van der Waals surface area contributed by atoms with Gasteiger partial charge in [-0.2, -0.15) is 18.4 Å². The van der Waals surface area contributed by atoms with Crippen LogP contribution in [0.25, 0.3) is 5.57 Å². The summed E-state index contributed by atoms with van der Waals surface area (Å²) in [5, 5.41) is 20.8. The third-order valence-electron chi connectivity index (χ3n) is 11.5. The van der Waals surface area contributed by atoms with E-state index in [-0.39, 0.29) is 22.5 Å². The van der Waals surface area contributed by atoms with E-state index in [4.69, 9.17) is 18.9 Å². The highest BCUT2D eigenvalue weighted by atomic mass is 28.4. The molecular formula is C37H47F3N2O4Si. The lowest BCUT2D eigenvalue weighted by Crippen LogP contribution is -2.49. The van der Waals surface area contributed by atoms with Gasteiger partial charge >= 0.3 is 6.18 Å². The van der Waals surface area contributed by atoms with Crippen LogP contribution in [0.15, 0.2) is 30.3 Å². The smallest absolute Gasteiger partial charge is 0.410 e. The summed E-state index contributed by atoms with van der Waals surface area (Å²) in [7, 11) is -2.21. The quantitative estimate of drug-likeness (QED) is 0.310. The van der Waals surface area contributed by atoms with E-state index in [0.29, 0.717) is 37.5 Å². The Labute approximate surface area is 277 Å². The van der Waals surface area contributed by atoms with Gasteiger partial charge < -0.3 is 19.0 Å². The lowest BCUT2D eigenvalue weighted by Gasteiger charge is -2.55. The van der Waals surface area contributed by atoms with E-state index in [9.17, 15) is 23.5 Å². The molecule has 2 aliphatic carbocycles. The molecule has 2 fully saturated rings. The average Bonchev–Trinajstić information content (AvgIpc) is 3.02. The van der Waals surface area contributed by atoms with E-state index in [0.717, 1.165) is 62.8 Å². The molecular weight excluding hydrogens is 621 g/mol. The zero-order chi connectivity index (χ0) is 33.8. The molecule has 2 atom stereocenters. The van der Waals surface area contributed by atoms with Crippen LogP contribution in [-0.2, 0) is 26.5 Å². The van der Waals surface area contributed by atoms with Crippen LogP contribution >= 0.6 is 0 Å². The summed E-state index contributed by atoms with van der Waals surface area (Å²) in [6, 6.07) is 7.42. The molecule has 0 bridgehead atoms. The Morgan fingerprint density at radius 1 is 1.06 bits per heavy atom. The Balaban J connectivity index is 1.36. The highest BCUT2D eigenvalue weighted by molar-refractivity contribution is 6.74. The van der Waals surface area contributed by atoms with Gasteiger partial charge in [0.15, 0.2) is 8.32 Å². The Bertz CT molecular complexity index is 1560. The fraction of sp³-hybridized carbons (Fsp3) is 0.622. The number of fused-ring (bicyclic) bond motifs is 1. The van der Waals surface area contributed by atoms with Crippen molar-refractivity contribution in [1.82, 2.24) is 4.98 Å². The number of benzene rings is 1. The van der Waals surface area contributed by atoms with E-state index >= 15 is 0 Å². The van der Waals surface area contributed by atoms with Crippen molar-refractivity contribution in [3.63, 3.8) is 0 Å². The van der Waals surface area contributed by atoms with Crippen LogP contribution in [-0.4, -0.2) is 44.8 Å². The topological polar surface area (TPSA) is 84.6 Å². The van der Waals surface area contributed by atoms with Gasteiger partial charge in [-0.15, -0.1) is 0 Å². The molecule has 2 aliphatic heterocycles. The molecule has 6 rings (SSSR count). The minimum atomic E-state index is -4.63. The van der Waals surface area contributed by atoms with Gasteiger partial charge in [0.05, 0.1) is 42.6 Å². The zero-order valence-corrected chi connectivity index (χ0v) is 29.2. The standard InChI is InChI=1S/C37H47F3N2O4Si/c1-35(2,3)47(4,5)46-32-21-36(18-27(19-36)34(43)25-6-7-29(37(38,39)40)26(16-25)22-41)20-31-33(32)28(23-8-12-44-13-9-23)17-30(42-31)24-10-14-45-15-11-24/h6-8,16-17,24,27,32,34,43H,9-15,18-21H2,1-5H3/t27?,32-,34?,36?/m0/s1. The molecule has 3 heterocycles. The first kappa shape index (κ1) is 34.3. The van der Waals surface area contributed by atoms with Crippen LogP contribution in [0, 0.1) is 22.7 Å². The maximum absolute atomic E-state index is 13.4. The van der Waals surface area contributed by atoms with Crippen LogP contribution in [0.4, 0.5) is 13.2 Å². The van der Waals surface area contributed by atoms with Crippen LogP contribution in [0.2, 0.25) is 18.1 Å². The minimum Gasteiger partial charge on any atom is -0.410 e. The van der Waals surface area contributed by atoms with Crippen molar-refractivity contribution >= 4 is 13.9 Å². The van der Waals surface area contributed by atoms with Crippen molar-refractivity contribution in [3.05, 3.63) is 69.5 Å². The van der Waals surface area contributed by atoms with E-state index in [2.05, 4.69) is 46.0 Å². The van der Waals surface area contributed by atoms with Gasteiger partial charge in [0.25, 0.3) is 0 Å². The Kier molecular flexibility index (Phi) is 9.29. The number of aliphatic hydroxyl groups is 1. The molecule has 47 heavy (non-hydrogen) atoms. The molecule has 4 aliphatic rings. The Morgan fingerprint density at radius 2 is 1.79 bits per heavy atom. The SMILES string of the molecule is CC(C)(C)[Si](C)(C)O[C@H]1CC2(Cc3nc(C4CCOCC4)cc(C4=CCOCC4)c31)CC(C(O)c1ccc(C(F)(F)F)c(C#N)c1)C2. The summed E-state index contributed by atoms with van der Waals surface area (Å²) >= 11 is 0. The van der Waals surface area contributed by atoms with Gasteiger partial charge in [-0.1, -0.05) is 32.9 Å². The third kappa shape index (κ3) is 6.84.